The molecule has 2 amide bonds. The first-order valence-electron chi connectivity index (χ1n) is 12.4. The lowest BCUT2D eigenvalue weighted by molar-refractivity contribution is -0.119. The van der Waals surface area contributed by atoms with E-state index in [1.165, 1.54) is 6.26 Å². The van der Waals surface area contributed by atoms with E-state index < -0.39 is 6.04 Å². The molecule has 2 saturated carbocycles. The SMILES string of the molecule is Cc1n[nH]c(C)c1-c1ccc(NC(=O)C(NC(=O)c2nocc2C(C)C)C(C2CC2)C2CC2)cn1. The maximum atomic E-state index is 13.6. The van der Waals surface area contributed by atoms with Crippen LogP contribution in [0.1, 0.15) is 72.9 Å². The van der Waals surface area contributed by atoms with Gasteiger partial charge in [0.15, 0.2) is 5.69 Å². The first-order chi connectivity index (χ1) is 16.8. The number of aryl methyl sites for hydroxylation is 2. The van der Waals surface area contributed by atoms with Crippen LogP contribution in [-0.4, -0.2) is 38.2 Å². The molecule has 35 heavy (non-hydrogen) atoms. The summed E-state index contributed by atoms with van der Waals surface area (Å²) in [5.74, 6) is 0.553. The van der Waals surface area contributed by atoms with Gasteiger partial charge in [-0.1, -0.05) is 19.0 Å². The number of carbonyl (C=O) groups is 2. The maximum absolute atomic E-state index is 13.6. The maximum Gasteiger partial charge on any atom is 0.274 e. The molecule has 0 bridgehead atoms. The van der Waals surface area contributed by atoms with Crippen molar-refractivity contribution in [1.29, 1.82) is 0 Å². The van der Waals surface area contributed by atoms with Crippen LogP contribution in [0, 0.1) is 31.6 Å². The standard InChI is InChI=1S/C26H32N6O3/c1-13(2)19-12-35-32-23(19)25(33)29-24(22(16-5-6-16)17-7-8-17)26(34)28-18-9-10-20(27-11-18)21-14(3)30-31-15(21)4/h9-13,16-17,22,24H,5-8H2,1-4H3,(H,28,34)(H,29,33)(H,30,31). The van der Waals surface area contributed by atoms with Crippen LogP contribution < -0.4 is 10.6 Å². The summed E-state index contributed by atoms with van der Waals surface area (Å²) in [6.07, 6.45) is 7.55. The van der Waals surface area contributed by atoms with Crippen LogP contribution in [0.4, 0.5) is 5.69 Å². The van der Waals surface area contributed by atoms with Crippen molar-refractivity contribution >= 4 is 17.5 Å². The highest BCUT2D eigenvalue weighted by Crippen LogP contribution is 2.51. The van der Waals surface area contributed by atoms with Gasteiger partial charge in [0.2, 0.25) is 5.91 Å². The number of hydrogen-bond donors (Lipinski definition) is 3. The van der Waals surface area contributed by atoms with Crippen molar-refractivity contribution in [3.63, 3.8) is 0 Å². The number of nitrogens with one attached hydrogen (secondary N) is 3. The van der Waals surface area contributed by atoms with E-state index in [-0.39, 0.29) is 29.3 Å². The van der Waals surface area contributed by atoms with Crippen LogP contribution in [0.5, 0.6) is 0 Å². The molecule has 5 rings (SSSR count). The van der Waals surface area contributed by atoms with E-state index in [4.69, 9.17) is 4.52 Å². The minimum atomic E-state index is -0.641. The Bertz CT molecular complexity index is 1190. The normalized spacial score (nSPS) is 16.5. The van der Waals surface area contributed by atoms with Gasteiger partial charge in [0.25, 0.3) is 5.91 Å². The van der Waals surface area contributed by atoms with Gasteiger partial charge in [-0.05, 0) is 75.3 Å². The molecule has 2 aliphatic carbocycles. The van der Waals surface area contributed by atoms with Gasteiger partial charge in [-0.2, -0.15) is 5.10 Å². The largest absolute Gasteiger partial charge is 0.364 e. The fourth-order valence-electron chi connectivity index (χ4n) is 5.03. The molecule has 2 aliphatic rings. The zero-order valence-electron chi connectivity index (χ0n) is 20.6. The van der Waals surface area contributed by atoms with E-state index in [9.17, 15) is 9.59 Å². The highest BCUT2D eigenvalue weighted by molar-refractivity contribution is 6.01. The highest BCUT2D eigenvalue weighted by atomic mass is 16.5. The van der Waals surface area contributed by atoms with Crippen LogP contribution in [-0.2, 0) is 4.79 Å². The molecule has 0 spiro atoms. The Morgan fingerprint density at radius 3 is 2.37 bits per heavy atom. The van der Waals surface area contributed by atoms with Crippen LogP contribution >= 0.6 is 0 Å². The molecule has 2 fully saturated rings. The highest BCUT2D eigenvalue weighted by Gasteiger charge is 2.48. The molecule has 9 heteroatoms. The molecule has 3 heterocycles. The summed E-state index contributed by atoms with van der Waals surface area (Å²) in [5.41, 5.74) is 5.15. The second kappa shape index (κ2) is 9.28. The van der Waals surface area contributed by atoms with Crippen molar-refractivity contribution in [2.45, 2.75) is 65.3 Å². The quantitative estimate of drug-likeness (QED) is 0.421. The van der Waals surface area contributed by atoms with Crippen molar-refractivity contribution in [3.8, 4) is 11.3 Å². The smallest absolute Gasteiger partial charge is 0.274 e. The third-order valence-electron chi connectivity index (χ3n) is 7.14. The summed E-state index contributed by atoms with van der Waals surface area (Å²) in [5, 5.41) is 17.1. The summed E-state index contributed by atoms with van der Waals surface area (Å²) in [7, 11) is 0. The van der Waals surface area contributed by atoms with Gasteiger partial charge in [0, 0.05) is 16.8 Å². The fraction of sp³-hybridized carbons (Fsp3) is 0.500. The van der Waals surface area contributed by atoms with Crippen molar-refractivity contribution in [3.05, 3.63) is 47.2 Å². The average molecular weight is 477 g/mol. The molecule has 184 valence electrons. The summed E-state index contributed by atoms with van der Waals surface area (Å²) < 4.78 is 5.08. The molecule has 0 aliphatic heterocycles. The molecule has 3 aromatic rings. The molecule has 0 saturated heterocycles. The van der Waals surface area contributed by atoms with E-state index in [0.29, 0.717) is 17.5 Å². The van der Waals surface area contributed by atoms with Gasteiger partial charge in [0.05, 0.1) is 23.3 Å². The van der Waals surface area contributed by atoms with Crippen LogP contribution in [0.25, 0.3) is 11.3 Å². The number of hydrogen-bond acceptors (Lipinski definition) is 6. The zero-order valence-corrected chi connectivity index (χ0v) is 20.6. The van der Waals surface area contributed by atoms with E-state index in [0.717, 1.165) is 53.9 Å². The lowest BCUT2D eigenvalue weighted by Crippen LogP contribution is -2.50. The number of aromatic amines is 1. The average Bonchev–Trinajstić information content (AvgIpc) is 3.76. The number of carbonyl (C=O) groups excluding carboxylic acids is 2. The molecular formula is C26H32N6O3. The summed E-state index contributed by atoms with van der Waals surface area (Å²) >= 11 is 0. The van der Waals surface area contributed by atoms with Crippen LogP contribution in [0.3, 0.4) is 0 Å². The summed E-state index contributed by atoms with van der Waals surface area (Å²) in [6.45, 7) is 7.84. The third-order valence-corrected chi connectivity index (χ3v) is 7.14. The Kier molecular flexibility index (Phi) is 6.17. The minimum absolute atomic E-state index is 0.0871. The molecule has 1 atom stereocenters. The summed E-state index contributed by atoms with van der Waals surface area (Å²) in [6, 6.07) is 3.07. The Morgan fingerprint density at radius 2 is 1.83 bits per heavy atom. The number of rotatable bonds is 9. The van der Waals surface area contributed by atoms with E-state index >= 15 is 0 Å². The second-order valence-electron chi connectivity index (χ2n) is 10.2. The number of anilines is 1. The molecule has 1 unspecified atom stereocenters. The Labute approximate surface area is 204 Å². The zero-order chi connectivity index (χ0) is 24.7. The van der Waals surface area contributed by atoms with Gasteiger partial charge >= 0.3 is 0 Å². The Balaban J connectivity index is 1.36. The van der Waals surface area contributed by atoms with Gasteiger partial charge in [-0.15, -0.1) is 0 Å². The predicted molar refractivity (Wildman–Crippen MR) is 131 cm³/mol. The third kappa shape index (κ3) is 4.85. The molecular weight excluding hydrogens is 444 g/mol. The molecule has 0 aromatic carbocycles. The number of amides is 2. The number of pyridine rings is 1. The molecule has 0 radical (unpaired) electrons. The Hall–Kier alpha value is -3.49. The molecule has 9 nitrogen and oxygen atoms in total. The topological polar surface area (TPSA) is 126 Å². The lowest BCUT2D eigenvalue weighted by atomic mass is 9.88. The van der Waals surface area contributed by atoms with Crippen molar-refractivity contribution in [2.24, 2.45) is 17.8 Å². The monoisotopic (exact) mass is 476 g/mol. The first-order valence-corrected chi connectivity index (χ1v) is 12.4. The van der Waals surface area contributed by atoms with Gasteiger partial charge in [0.1, 0.15) is 12.3 Å². The summed E-state index contributed by atoms with van der Waals surface area (Å²) in [4.78, 5) is 31.3. The van der Waals surface area contributed by atoms with E-state index in [2.05, 4.69) is 31.0 Å². The Morgan fingerprint density at radius 1 is 1.11 bits per heavy atom. The first kappa shape index (κ1) is 23.3. The molecule has 3 aromatic heterocycles. The van der Waals surface area contributed by atoms with Crippen molar-refractivity contribution in [1.82, 2.24) is 25.7 Å². The lowest BCUT2D eigenvalue weighted by Gasteiger charge is -2.27. The number of aromatic nitrogens is 4. The minimum Gasteiger partial charge on any atom is -0.364 e. The predicted octanol–water partition coefficient (Wildman–Crippen LogP) is 4.37. The van der Waals surface area contributed by atoms with Crippen molar-refractivity contribution < 1.29 is 14.1 Å². The van der Waals surface area contributed by atoms with Gasteiger partial charge in [-0.25, -0.2) is 0 Å². The number of nitrogens with zero attached hydrogens (tertiary/aromatic N) is 3. The fourth-order valence-corrected chi connectivity index (χ4v) is 5.03. The van der Waals surface area contributed by atoms with E-state index in [1.807, 2.05) is 39.8 Å². The van der Waals surface area contributed by atoms with Crippen LogP contribution in [0.2, 0.25) is 0 Å². The van der Waals surface area contributed by atoms with Gasteiger partial charge in [-0.3, -0.25) is 19.7 Å². The van der Waals surface area contributed by atoms with E-state index in [1.54, 1.807) is 6.20 Å². The number of H-pyrrole nitrogens is 1. The van der Waals surface area contributed by atoms with Gasteiger partial charge < -0.3 is 15.2 Å². The van der Waals surface area contributed by atoms with Crippen LogP contribution in [0.15, 0.2) is 29.1 Å². The molecule has 3 N–H and O–H groups in total. The second-order valence-corrected chi connectivity index (χ2v) is 10.2. The van der Waals surface area contributed by atoms with Crippen molar-refractivity contribution in [2.75, 3.05) is 5.32 Å².